The van der Waals surface area contributed by atoms with Gasteiger partial charge in [0.25, 0.3) is 5.91 Å². The number of nitrogens with one attached hydrogen (secondary N) is 2. The summed E-state index contributed by atoms with van der Waals surface area (Å²) in [6, 6.07) is 24.1. The predicted molar refractivity (Wildman–Crippen MR) is 152 cm³/mol. The fraction of sp³-hybridized carbons (Fsp3) is 0.138. The van der Waals surface area contributed by atoms with Gasteiger partial charge in [-0.25, -0.2) is 4.98 Å². The molecule has 0 saturated heterocycles. The highest BCUT2D eigenvalue weighted by Crippen LogP contribution is 2.34. The van der Waals surface area contributed by atoms with Gasteiger partial charge < -0.3 is 14.5 Å². The van der Waals surface area contributed by atoms with Crippen molar-refractivity contribution in [2.45, 2.75) is 13.8 Å². The molecule has 6 nitrogen and oxygen atoms in total. The molecule has 4 aromatic carbocycles. The number of amides is 1. The highest BCUT2D eigenvalue weighted by Gasteiger charge is 2.14. The molecule has 0 aliphatic heterocycles. The number of aromatic nitrogens is 1. The van der Waals surface area contributed by atoms with Gasteiger partial charge in [0.1, 0.15) is 11.3 Å². The zero-order valence-corrected chi connectivity index (χ0v) is 21.8. The molecule has 1 heterocycles. The predicted octanol–water partition coefficient (Wildman–Crippen LogP) is 7.46. The van der Waals surface area contributed by atoms with Gasteiger partial charge in [0.2, 0.25) is 5.89 Å². The van der Waals surface area contributed by atoms with Crippen molar-refractivity contribution in [2.24, 2.45) is 5.92 Å². The van der Waals surface area contributed by atoms with Crippen LogP contribution in [0.5, 0.6) is 5.75 Å². The van der Waals surface area contributed by atoms with Gasteiger partial charge in [-0.2, -0.15) is 0 Å². The fourth-order valence-electron chi connectivity index (χ4n) is 3.91. The summed E-state index contributed by atoms with van der Waals surface area (Å²) in [4.78, 5) is 17.4. The second kappa shape index (κ2) is 10.6. The summed E-state index contributed by atoms with van der Waals surface area (Å²) in [6.45, 7) is 4.71. The Morgan fingerprint density at radius 2 is 1.81 bits per heavy atom. The van der Waals surface area contributed by atoms with Crippen molar-refractivity contribution in [3.8, 4) is 17.2 Å². The number of anilines is 1. The van der Waals surface area contributed by atoms with Crippen molar-refractivity contribution >= 4 is 62.4 Å². The first-order valence-corrected chi connectivity index (χ1v) is 12.6. The normalized spacial score (nSPS) is 11.1. The van der Waals surface area contributed by atoms with Crippen LogP contribution in [0.15, 0.2) is 83.3 Å². The number of hydrogen-bond acceptors (Lipinski definition) is 5. The minimum atomic E-state index is -0.327. The summed E-state index contributed by atoms with van der Waals surface area (Å²) in [5, 5.41) is 8.50. The molecule has 0 aliphatic carbocycles. The Bertz CT molecular complexity index is 1630. The minimum Gasteiger partial charge on any atom is -0.493 e. The summed E-state index contributed by atoms with van der Waals surface area (Å²) in [5.74, 6) is 1.20. The van der Waals surface area contributed by atoms with Gasteiger partial charge in [0, 0.05) is 27.2 Å². The third-order valence-corrected chi connectivity index (χ3v) is 6.19. The van der Waals surface area contributed by atoms with Crippen LogP contribution in [0.25, 0.3) is 33.3 Å². The molecule has 0 aliphatic rings. The van der Waals surface area contributed by atoms with Crippen LogP contribution >= 0.6 is 23.8 Å². The van der Waals surface area contributed by atoms with Crippen molar-refractivity contribution in [1.29, 1.82) is 0 Å². The van der Waals surface area contributed by atoms with E-state index in [1.54, 1.807) is 18.2 Å². The number of benzene rings is 4. The Kier molecular flexibility index (Phi) is 7.08. The Morgan fingerprint density at radius 3 is 2.65 bits per heavy atom. The lowest BCUT2D eigenvalue weighted by molar-refractivity contribution is 0.0977. The number of carbonyl (C=O) groups is 1. The number of nitrogens with zero attached hydrogens (tertiary/aromatic N) is 1. The molecule has 186 valence electrons. The molecule has 5 rings (SSSR count). The van der Waals surface area contributed by atoms with E-state index in [1.807, 2.05) is 60.7 Å². The van der Waals surface area contributed by atoms with Gasteiger partial charge in [0.05, 0.1) is 6.61 Å². The van der Waals surface area contributed by atoms with Crippen LogP contribution in [0.2, 0.25) is 5.02 Å². The lowest BCUT2D eigenvalue weighted by atomic mass is 10.0. The number of rotatable bonds is 6. The van der Waals surface area contributed by atoms with E-state index >= 15 is 0 Å². The van der Waals surface area contributed by atoms with E-state index in [0.717, 1.165) is 16.3 Å². The molecule has 0 bridgehead atoms. The molecule has 5 aromatic rings. The molecule has 1 amide bonds. The van der Waals surface area contributed by atoms with Crippen LogP contribution in [0.3, 0.4) is 0 Å². The van der Waals surface area contributed by atoms with Gasteiger partial charge in [-0.15, -0.1) is 0 Å². The number of thiocarbonyl (C=S) groups is 1. The standard InChI is InChI=1S/C29H24ClN3O3S/c1-17(2)16-35-20-7-3-6-18(14-20)27(34)33-29(37)31-19-12-13-26-25(15-19)32-28(36-26)23-10-4-9-22-21(23)8-5-11-24(22)30/h3-15,17H,16H2,1-2H3,(H2,31,33,34,37). The average Bonchev–Trinajstić information content (AvgIpc) is 3.31. The highest BCUT2D eigenvalue weighted by molar-refractivity contribution is 7.80. The molecule has 37 heavy (non-hydrogen) atoms. The number of hydrogen-bond donors (Lipinski definition) is 2. The van der Waals surface area contributed by atoms with Crippen molar-refractivity contribution in [1.82, 2.24) is 10.3 Å². The first kappa shape index (κ1) is 24.7. The van der Waals surface area contributed by atoms with E-state index in [2.05, 4.69) is 29.5 Å². The Balaban J connectivity index is 1.31. The smallest absolute Gasteiger partial charge is 0.257 e. The maximum atomic E-state index is 12.7. The largest absolute Gasteiger partial charge is 0.493 e. The average molecular weight is 530 g/mol. The second-order valence-corrected chi connectivity index (χ2v) is 9.80. The van der Waals surface area contributed by atoms with Crippen LogP contribution in [0, 0.1) is 5.92 Å². The van der Waals surface area contributed by atoms with Gasteiger partial charge >= 0.3 is 0 Å². The maximum absolute atomic E-state index is 12.7. The van der Waals surface area contributed by atoms with E-state index in [-0.39, 0.29) is 11.0 Å². The second-order valence-electron chi connectivity index (χ2n) is 8.98. The SMILES string of the molecule is CC(C)COc1cccc(C(=O)NC(=S)Nc2ccc3oc(-c4cccc5c(Cl)cccc45)nc3c2)c1. The maximum Gasteiger partial charge on any atom is 0.257 e. The molecular weight excluding hydrogens is 506 g/mol. The van der Waals surface area contributed by atoms with Gasteiger partial charge in [0.15, 0.2) is 10.7 Å². The van der Waals surface area contributed by atoms with E-state index in [0.29, 0.717) is 51.5 Å². The van der Waals surface area contributed by atoms with E-state index < -0.39 is 0 Å². The number of ether oxygens (including phenoxy) is 1. The van der Waals surface area contributed by atoms with Crippen LogP contribution < -0.4 is 15.4 Å². The molecule has 0 atom stereocenters. The summed E-state index contributed by atoms with van der Waals surface area (Å²) < 4.78 is 11.7. The summed E-state index contributed by atoms with van der Waals surface area (Å²) >= 11 is 11.7. The molecule has 0 saturated carbocycles. The van der Waals surface area contributed by atoms with Gasteiger partial charge in [-0.1, -0.05) is 55.8 Å². The Morgan fingerprint density at radius 1 is 1.03 bits per heavy atom. The molecule has 0 fully saturated rings. The summed E-state index contributed by atoms with van der Waals surface area (Å²) in [5.41, 5.74) is 3.27. The van der Waals surface area contributed by atoms with E-state index in [4.69, 9.17) is 33.0 Å². The topological polar surface area (TPSA) is 76.4 Å². The monoisotopic (exact) mass is 529 g/mol. The lowest BCUT2D eigenvalue weighted by Crippen LogP contribution is -2.34. The van der Waals surface area contributed by atoms with Gasteiger partial charge in [-0.05, 0) is 72.1 Å². The fourth-order valence-corrected chi connectivity index (χ4v) is 4.35. The van der Waals surface area contributed by atoms with Crippen LogP contribution in [0.4, 0.5) is 5.69 Å². The Labute approximate surface area is 224 Å². The number of carbonyl (C=O) groups excluding carboxylic acids is 1. The molecular formula is C29H24ClN3O3S. The first-order valence-electron chi connectivity index (χ1n) is 11.8. The van der Waals surface area contributed by atoms with Crippen molar-refractivity contribution in [2.75, 3.05) is 11.9 Å². The number of fused-ring (bicyclic) bond motifs is 2. The van der Waals surface area contributed by atoms with Crippen LogP contribution in [-0.4, -0.2) is 22.6 Å². The first-order chi connectivity index (χ1) is 17.9. The molecule has 1 aromatic heterocycles. The third-order valence-electron chi connectivity index (χ3n) is 5.65. The van der Waals surface area contributed by atoms with E-state index in [9.17, 15) is 4.79 Å². The molecule has 0 spiro atoms. The van der Waals surface area contributed by atoms with Crippen LogP contribution in [-0.2, 0) is 0 Å². The van der Waals surface area contributed by atoms with Crippen LogP contribution in [0.1, 0.15) is 24.2 Å². The molecule has 8 heteroatoms. The van der Waals surface area contributed by atoms with Crippen molar-refractivity contribution in [3.63, 3.8) is 0 Å². The quantitative estimate of drug-likeness (QED) is 0.222. The van der Waals surface area contributed by atoms with E-state index in [1.165, 1.54) is 0 Å². The molecule has 0 unspecified atom stereocenters. The molecule has 0 radical (unpaired) electrons. The van der Waals surface area contributed by atoms with Gasteiger partial charge in [-0.3, -0.25) is 10.1 Å². The third kappa shape index (κ3) is 5.58. The zero-order valence-electron chi connectivity index (χ0n) is 20.2. The summed E-state index contributed by atoms with van der Waals surface area (Å²) in [6.07, 6.45) is 0. The summed E-state index contributed by atoms with van der Waals surface area (Å²) in [7, 11) is 0. The highest BCUT2D eigenvalue weighted by atomic mass is 35.5. The van der Waals surface area contributed by atoms with Crippen molar-refractivity contribution < 1.29 is 13.9 Å². The Hall–Kier alpha value is -3.94. The van der Waals surface area contributed by atoms with Crippen molar-refractivity contribution in [3.05, 3.63) is 89.4 Å². The molecule has 2 N–H and O–H groups in total. The zero-order chi connectivity index (χ0) is 25.9. The number of oxazole rings is 1. The number of halogens is 1. The minimum absolute atomic E-state index is 0.172. The lowest BCUT2D eigenvalue weighted by Gasteiger charge is -2.11.